The predicted octanol–water partition coefficient (Wildman–Crippen LogP) is 1.51. The van der Waals surface area contributed by atoms with E-state index in [1.165, 1.54) is 12.8 Å². The van der Waals surface area contributed by atoms with Crippen LogP contribution in [0.4, 0.5) is 0 Å². The molecule has 10 heavy (non-hydrogen) atoms. The van der Waals surface area contributed by atoms with E-state index in [9.17, 15) is 0 Å². The Hall–Kier alpha value is -0.0800. The van der Waals surface area contributed by atoms with Crippen LogP contribution in [-0.4, -0.2) is 16.5 Å². The van der Waals surface area contributed by atoms with Gasteiger partial charge in [0.05, 0.1) is 0 Å². The lowest BCUT2D eigenvalue weighted by atomic mass is 10.0. The van der Waals surface area contributed by atoms with Crippen LogP contribution in [0.2, 0.25) is 0 Å². The minimum atomic E-state index is -1.13. The Kier molecular flexibility index (Phi) is 5.64. The molecule has 2 N–H and O–H groups in total. The monoisotopic (exact) mass is 146 g/mol. The maximum atomic E-state index is 8.68. The number of hydrogen-bond donors (Lipinski definition) is 2. The van der Waals surface area contributed by atoms with Gasteiger partial charge in [-0.15, -0.1) is 0 Å². The summed E-state index contributed by atoms with van der Waals surface area (Å²) < 4.78 is 0. The highest BCUT2D eigenvalue weighted by Gasteiger charge is 2.08. The van der Waals surface area contributed by atoms with Crippen molar-refractivity contribution in [3.05, 3.63) is 0 Å². The summed E-state index contributed by atoms with van der Waals surface area (Å²) >= 11 is 0. The van der Waals surface area contributed by atoms with Crippen LogP contribution >= 0.6 is 0 Å². The van der Waals surface area contributed by atoms with Gasteiger partial charge in [-0.25, -0.2) is 0 Å². The first kappa shape index (κ1) is 9.92. The van der Waals surface area contributed by atoms with E-state index in [1.807, 2.05) is 6.92 Å². The third-order valence-corrected chi connectivity index (χ3v) is 1.77. The average Bonchev–Trinajstić information content (AvgIpc) is 1.88. The van der Waals surface area contributed by atoms with Gasteiger partial charge < -0.3 is 10.2 Å². The number of hydrogen-bond acceptors (Lipinski definition) is 2. The minimum absolute atomic E-state index is 0.0338. The van der Waals surface area contributed by atoms with Gasteiger partial charge in [-0.3, -0.25) is 0 Å². The van der Waals surface area contributed by atoms with Gasteiger partial charge >= 0.3 is 0 Å². The lowest BCUT2D eigenvalue weighted by Crippen LogP contribution is -2.15. The standard InChI is InChI=1S/C8H18O2/c1-3-4-5-6-7(2)8(9)10/h7-10H,3-6H2,1-2H3. The first-order valence-electron chi connectivity index (χ1n) is 4.04. The van der Waals surface area contributed by atoms with Crippen LogP contribution in [0.3, 0.4) is 0 Å². The Bertz CT molecular complexity index is 71.7. The SMILES string of the molecule is CCCCCC(C)C(O)O. The smallest absolute Gasteiger partial charge is 0.154 e. The van der Waals surface area contributed by atoms with Gasteiger partial charge in [-0.1, -0.05) is 33.1 Å². The Labute approximate surface area is 62.9 Å². The van der Waals surface area contributed by atoms with Gasteiger partial charge in [0, 0.05) is 5.92 Å². The van der Waals surface area contributed by atoms with Gasteiger partial charge in [-0.05, 0) is 6.42 Å². The number of rotatable bonds is 5. The third-order valence-electron chi connectivity index (χ3n) is 1.77. The molecule has 0 spiro atoms. The first-order chi connectivity index (χ1) is 4.68. The molecule has 0 aromatic rings. The molecule has 2 heteroatoms. The summed E-state index contributed by atoms with van der Waals surface area (Å²) in [6.45, 7) is 4.00. The molecule has 0 bridgehead atoms. The second-order valence-corrected chi connectivity index (χ2v) is 2.89. The topological polar surface area (TPSA) is 40.5 Å². The third kappa shape index (κ3) is 4.77. The normalized spacial score (nSPS) is 14.1. The average molecular weight is 146 g/mol. The fourth-order valence-corrected chi connectivity index (χ4v) is 0.865. The molecule has 1 atom stereocenters. The van der Waals surface area contributed by atoms with Crippen LogP contribution in [0.15, 0.2) is 0 Å². The molecule has 0 heterocycles. The van der Waals surface area contributed by atoms with Crippen molar-refractivity contribution in [1.82, 2.24) is 0 Å². The van der Waals surface area contributed by atoms with Crippen LogP contribution in [0, 0.1) is 5.92 Å². The Morgan fingerprint density at radius 2 is 1.80 bits per heavy atom. The summed E-state index contributed by atoms with van der Waals surface area (Å²) in [5.41, 5.74) is 0. The van der Waals surface area contributed by atoms with E-state index >= 15 is 0 Å². The van der Waals surface area contributed by atoms with Gasteiger partial charge in [0.15, 0.2) is 6.29 Å². The fourth-order valence-electron chi connectivity index (χ4n) is 0.865. The van der Waals surface area contributed by atoms with Gasteiger partial charge in [-0.2, -0.15) is 0 Å². The summed E-state index contributed by atoms with van der Waals surface area (Å²) in [7, 11) is 0. The van der Waals surface area contributed by atoms with Crippen LogP contribution < -0.4 is 0 Å². The van der Waals surface area contributed by atoms with Crippen molar-refractivity contribution in [2.24, 2.45) is 5.92 Å². The van der Waals surface area contributed by atoms with Crippen molar-refractivity contribution in [2.45, 2.75) is 45.8 Å². The zero-order chi connectivity index (χ0) is 7.98. The van der Waals surface area contributed by atoms with Crippen LogP contribution in [0.1, 0.15) is 39.5 Å². The number of unbranched alkanes of at least 4 members (excludes halogenated alkanes) is 2. The van der Waals surface area contributed by atoms with Gasteiger partial charge in [0.2, 0.25) is 0 Å². The van der Waals surface area contributed by atoms with E-state index in [-0.39, 0.29) is 5.92 Å². The molecule has 0 rings (SSSR count). The maximum absolute atomic E-state index is 8.68. The van der Waals surface area contributed by atoms with Crippen LogP contribution in [-0.2, 0) is 0 Å². The highest BCUT2D eigenvalue weighted by atomic mass is 16.5. The highest BCUT2D eigenvalue weighted by molar-refractivity contribution is 4.53. The fraction of sp³-hybridized carbons (Fsp3) is 1.00. The largest absolute Gasteiger partial charge is 0.368 e. The molecule has 0 saturated carbocycles. The molecular formula is C8H18O2. The van der Waals surface area contributed by atoms with Crippen molar-refractivity contribution in [3.63, 3.8) is 0 Å². The van der Waals surface area contributed by atoms with E-state index in [0.29, 0.717) is 0 Å². The van der Waals surface area contributed by atoms with E-state index in [4.69, 9.17) is 10.2 Å². The molecule has 0 aliphatic rings. The molecule has 2 nitrogen and oxygen atoms in total. The van der Waals surface area contributed by atoms with E-state index in [0.717, 1.165) is 12.8 Å². The molecule has 0 aliphatic heterocycles. The molecular weight excluding hydrogens is 128 g/mol. The summed E-state index contributed by atoms with van der Waals surface area (Å²) in [5.74, 6) is 0.0338. The lowest BCUT2D eigenvalue weighted by Gasteiger charge is -2.11. The Balaban J connectivity index is 3.13. The van der Waals surface area contributed by atoms with Crippen LogP contribution in [0.5, 0.6) is 0 Å². The molecule has 0 aromatic heterocycles. The van der Waals surface area contributed by atoms with Crippen molar-refractivity contribution in [2.75, 3.05) is 0 Å². The van der Waals surface area contributed by atoms with E-state index in [2.05, 4.69) is 6.92 Å². The molecule has 0 aliphatic carbocycles. The Morgan fingerprint density at radius 3 is 2.20 bits per heavy atom. The van der Waals surface area contributed by atoms with Gasteiger partial charge in [0.1, 0.15) is 0 Å². The zero-order valence-corrected chi connectivity index (χ0v) is 6.88. The van der Waals surface area contributed by atoms with Crippen molar-refractivity contribution in [3.8, 4) is 0 Å². The van der Waals surface area contributed by atoms with Crippen molar-refractivity contribution in [1.29, 1.82) is 0 Å². The zero-order valence-electron chi connectivity index (χ0n) is 6.88. The lowest BCUT2D eigenvalue weighted by molar-refractivity contribution is -0.0807. The number of aliphatic hydroxyl groups is 2. The second kappa shape index (κ2) is 5.69. The summed E-state index contributed by atoms with van der Waals surface area (Å²) in [6, 6.07) is 0. The van der Waals surface area contributed by atoms with Crippen molar-refractivity contribution >= 4 is 0 Å². The van der Waals surface area contributed by atoms with Gasteiger partial charge in [0.25, 0.3) is 0 Å². The summed E-state index contributed by atoms with van der Waals surface area (Å²) in [4.78, 5) is 0. The molecule has 0 fully saturated rings. The molecule has 0 amide bonds. The predicted molar refractivity (Wildman–Crippen MR) is 41.5 cm³/mol. The van der Waals surface area contributed by atoms with Crippen LogP contribution in [0.25, 0.3) is 0 Å². The first-order valence-corrected chi connectivity index (χ1v) is 4.04. The summed E-state index contributed by atoms with van der Waals surface area (Å²) in [5, 5.41) is 17.4. The molecule has 0 aromatic carbocycles. The van der Waals surface area contributed by atoms with Crippen molar-refractivity contribution < 1.29 is 10.2 Å². The highest BCUT2D eigenvalue weighted by Crippen LogP contribution is 2.11. The Morgan fingerprint density at radius 1 is 1.20 bits per heavy atom. The van der Waals surface area contributed by atoms with E-state index < -0.39 is 6.29 Å². The summed E-state index contributed by atoms with van der Waals surface area (Å²) in [6.07, 6.45) is 3.28. The van der Waals surface area contributed by atoms with E-state index in [1.54, 1.807) is 0 Å². The molecule has 1 unspecified atom stereocenters. The second-order valence-electron chi connectivity index (χ2n) is 2.89. The maximum Gasteiger partial charge on any atom is 0.154 e. The quantitative estimate of drug-likeness (QED) is 0.456. The molecule has 62 valence electrons. The molecule has 0 saturated heterocycles. The molecule has 0 radical (unpaired) electrons. The number of aliphatic hydroxyl groups excluding tert-OH is 1. The minimum Gasteiger partial charge on any atom is -0.368 e.